The van der Waals surface area contributed by atoms with Crippen molar-refractivity contribution in [3.8, 4) is 0 Å². The first-order chi connectivity index (χ1) is 13.4. The molecule has 162 valence electrons. The summed E-state index contributed by atoms with van der Waals surface area (Å²) < 4.78 is 39.7. The van der Waals surface area contributed by atoms with Crippen LogP contribution in [-0.4, -0.2) is 52.8 Å². The number of aliphatic hydroxyl groups excluding tert-OH is 1. The minimum atomic E-state index is -1.27. The van der Waals surface area contributed by atoms with E-state index in [1.165, 1.54) is 13.2 Å². The van der Waals surface area contributed by atoms with Crippen molar-refractivity contribution in [1.82, 2.24) is 0 Å². The van der Waals surface area contributed by atoms with Gasteiger partial charge in [-0.05, 0) is 38.0 Å². The number of rotatable bonds is 11. The fraction of sp³-hybridized carbons (Fsp3) is 0.857. The van der Waals surface area contributed by atoms with Crippen molar-refractivity contribution in [2.75, 3.05) is 7.11 Å². The maximum atomic E-state index is 15.2. The molecule has 0 bridgehead atoms. The van der Waals surface area contributed by atoms with Gasteiger partial charge in [0.05, 0.1) is 13.2 Å². The van der Waals surface area contributed by atoms with Gasteiger partial charge in [0.25, 0.3) is 0 Å². The van der Waals surface area contributed by atoms with Crippen LogP contribution in [0.2, 0.25) is 0 Å². The molecule has 0 amide bonds. The predicted octanol–water partition coefficient (Wildman–Crippen LogP) is 4.71. The number of fused-ring (bicyclic) bond motifs is 1. The topological polar surface area (TPSA) is 55.8 Å². The normalized spacial score (nSPS) is 33.0. The minimum absolute atomic E-state index is 0.0117. The maximum absolute atomic E-state index is 15.2. The molecular formula is C21H33F2IO4. The van der Waals surface area contributed by atoms with E-state index in [-0.39, 0.29) is 27.8 Å². The highest BCUT2D eigenvalue weighted by atomic mass is 127. The van der Waals surface area contributed by atoms with Gasteiger partial charge in [-0.3, -0.25) is 4.79 Å². The number of methoxy groups -OCH3 is 1. The first-order valence-corrected chi connectivity index (χ1v) is 11.6. The molecule has 1 aliphatic heterocycles. The van der Waals surface area contributed by atoms with Crippen molar-refractivity contribution in [2.45, 2.75) is 92.9 Å². The lowest BCUT2D eigenvalue weighted by atomic mass is 9.88. The molecular weight excluding hydrogens is 481 g/mol. The maximum Gasteiger partial charge on any atom is 0.305 e. The molecule has 7 heteroatoms. The van der Waals surface area contributed by atoms with E-state index in [1.807, 2.05) is 6.92 Å². The van der Waals surface area contributed by atoms with Gasteiger partial charge in [0.15, 0.2) is 0 Å². The van der Waals surface area contributed by atoms with Gasteiger partial charge in [0.2, 0.25) is 0 Å². The molecule has 8 atom stereocenters. The zero-order chi connectivity index (χ0) is 20.7. The lowest BCUT2D eigenvalue weighted by Gasteiger charge is -2.23. The van der Waals surface area contributed by atoms with E-state index in [9.17, 15) is 14.3 Å². The van der Waals surface area contributed by atoms with Crippen molar-refractivity contribution in [3.05, 3.63) is 12.2 Å². The molecule has 0 radical (unpaired) electrons. The van der Waals surface area contributed by atoms with Gasteiger partial charge in [0.1, 0.15) is 24.6 Å². The van der Waals surface area contributed by atoms with Crippen molar-refractivity contribution in [2.24, 2.45) is 11.8 Å². The van der Waals surface area contributed by atoms with E-state index in [0.717, 1.165) is 25.7 Å². The van der Waals surface area contributed by atoms with Crippen LogP contribution in [0, 0.1) is 11.8 Å². The number of hydrogen-bond acceptors (Lipinski definition) is 4. The molecule has 1 saturated carbocycles. The molecule has 28 heavy (non-hydrogen) atoms. The van der Waals surface area contributed by atoms with Gasteiger partial charge in [-0.15, -0.1) is 0 Å². The molecule has 2 unspecified atom stereocenters. The van der Waals surface area contributed by atoms with E-state index in [2.05, 4.69) is 27.3 Å². The molecule has 1 heterocycles. The smallest absolute Gasteiger partial charge is 0.305 e. The Hall–Kier alpha value is -0.280. The molecule has 2 rings (SSSR count). The van der Waals surface area contributed by atoms with Crippen LogP contribution < -0.4 is 0 Å². The lowest BCUT2D eigenvalue weighted by molar-refractivity contribution is -0.140. The van der Waals surface area contributed by atoms with Gasteiger partial charge in [0, 0.05) is 16.3 Å². The standard InChI is InChI=1S/C21H33F2IO4/c1-3-4-6-14(22)16(25)11-9-13-10-12-17-19(13)20(23)21(28-17)15(24)7-5-8-18(26)27-2/h9,11,13-17,19-21,25H,3-8,10,12H2,1-2H3/t13-,14+,15?,16+,17+,19+,20-,21?/m0/s1. The van der Waals surface area contributed by atoms with Crippen LogP contribution in [0.25, 0.3) is 0 Å². The van der Waals surface area contributed by atoms with E-state index >= 15 is 4.39 Å². The molecule has 1 saturated heterocycles. The molecule has 1 aliphatic carbocycles. The summed E-state index contributed by atoms with van der Waals surface area (Å²) in [5.41, 5.74) is 0. The summed E-state index contributed by atoms with van der Waals surface area (Å²) in [5, 5.41) is 9.99. The third-order valence-electron chi connectivity index (χ3n) is 5.93. The number of allylic oxidation sites excluding steroid dienone is 1. The predicted molar refractivity (Wildman–Crippen MR) is 113 cm³/mol. The molecule has 0 aromatic carbocycles. The summed E-state index contributed by atoms with van der Waals surface area (Å²) in [6.07, 6.45) is 4.46. The third-order valence-corrected chi connectivity index (χ3v) is 7.26. The van der Waals surface area contributed by atoms with Crippen molar-refractivity contribution >= 4 is 28.6 Å². The van der Waals surface area contributed by atoms with Crippen molar-refractivity contribution < 1.29 is 28.2 Å². The molecule has 0 spiro atoms. The molecule has 2 aliphatic rings. The summed E-state index contributed by atoms with van der Waals surface area (Å²) in [5.74, 6) is -0.518. The second kappa shape index (κ2) is 11.8. The number of halogens is 3. The number of alkyl halides is 3. The average molecular weight is 514 g/mol. The number of ether oxygens (including phenoxy) is 2. The Labute approximate surface area is 180 Å². The Morgan fingerprint density at radius 3 is 2.79 bits per heavy atom. The van der Waals surface area contributed by atoms with Gasteiger partial charge < -0.3 is 14.6 Å². The van der Waals surface area contributed by atoms with Crippen LogP contribution >= 0.6 is 22.6 Å². The van der Waals surface area contributed by atoms with E-state index < -0.39 is 24.6 Å². The summed E-state index contributed by atoms with van der Waals surface area (Å²) in [4.78, 5) is 11.2. The second-order valence-electron chi connectivity index (χ2n) is 7.92. The molecule has 4 nitrogen and oxygen atoms in total. The van der Waals surface area contributed by atoms with E-state index in [4.69, 9.17) is 4.74 Å². The molecule has 2 fully saturated rings. The van der Waals surface area contributed by atoms with Gasteiger partial charge in [-0.25, -0.2) is 8.78 Å². The molecule has 0 aromatic heterocycles. The Morgan fingerprint density at radius 1 is 1.36 bits per heavy atom. The largest absolute Gasteiger partial charge is 0.469 e. The van der Waals surface area contributed by atoms with Crippen LogP contribution in [0.3, 0.4) is 0 Å². The zero-order valence-corrected chi connectivity index (χ0v) is 18.9. The van der Waals surface area contributed by atoms with Crippen LogP contribution in [0.15, 0.2) is 12.2 Å². The van der Waals surface area contributed by atoms with E-state index in [1.54, 1.807) is 6.08 Å². The summed E-state index contributed by atoms with van der Waals surface area (Å²) in [6.45, 7) is 1.99. The van der Waals surface area contributed by atoms with Gasteiger partial charge in [-0.1, -0.05) is 54.5 Å². The van der Waals surface area contributed by atoms with Crippen LogP contribution in [-0.2, 0) is 14.3 Å². The average Bonchev–Trinajstić information content (AvgIpc) is 3.24. The molecule has 1 N–H and O–H groups in total. The third kappa shape index (κ3) is 6.36. The number of hydrogen-bond donors (Lipinski definition) is 1. The molecule has 0 aromatic rings. The highest BCUT2D eigenvalue weighted by molar-refractivity contribution is 14.1. The lowest BCUT2D eigenvalue weighted by Crippen LogP contribution is -2.32. The number of carbonyl (C=O) groups is 1. The highest BCUT2D eigenvalue weighted by Gasteiger charge is 2.52. The number of carbonyl (C=O) groups excluding carboxylic acids is 1. The quantitative estimate of drug-likeness (QED) is 0.188. The zero-order valence-electron chi connectivity index (χ0n) is 16.7. The Bertz CT molecular complexity index is 519. The first kappa shape index (κ1) is 24.0. The minimum Gasteiger partial charge on any atom is -0.469 e. The number of esters is 1. The number of aliphatic hydroxyl groups is 1. The van der Waals surface area contributed by atoms with Crippen LogP contribution in [0.1, 0.15) is 58.3 Å². The first-order valence-electron chi connectivity index (χ1n) is 10.4. The van der Waals surface area contributed by atoms with E-state index in [0.29, 0.717) is 25.7 Å². The fourth-order valence-electron chi connectivity index (χ4n) is 4.28. The van der Waals surface area contributed by atoms with Gasteiger partial charge in [-0.2, -0.15) is 0 Å². The monoisotopic (exact) mass is 514 g/mol. The summed E-state index contributed by atoms with van der Waals surface area (Å²) in [7, 11) is 1.36. The van der Waals surface area contributed by atoms with Crippen LogP contribution in [0.4, 0.5) is 8.78 Å². The second-order valence-corrected chi connectivity index (χ2v) is 9.52. The van der Waals surface area contributed by atoms with Gasteiger partial charge >= 0.3 is 5.97 Å². The SMILES string of the molecule is CCCC[C@@H](F)[C@H](O)C=C[C@H]1CC[C@H]2OC(C(I)CCCC(=O)OC)[C@@H](F)[C@H]12. The highest BCUT2D eigenvalue weighted by Crippen LogP contribution is 2.47. The summed E-state index contributed by atoms with van der Waals surface area (Å²) in [6, 6.07) is 0. The van der Waals surface area contributed by atoms with Crippen molar-refractivity contribution in [3.63, 3.8) is 0 Å². The van der Waals surface area contributed by atoms with Crippen LogP contribution in [0.5, 0.6) is 0 Å². The Kier molecular flexibility index (Phi) is 10.1. The van der Waals surface area contributed by atoms with Crippen molar-refractivity contribution in [1.29, 1.82) is 0 Å². The summed E-state index contributed by atoms with van der Waals surface area (Å²) >= 11 is 2.21. The Balaban J connectivity index is 1.86. The Morgan fingerprint density at radius 2 is 2.11 bits per heavy atom. The number of unbranched alkanes of at least 4 members (excludes halogenated alkanes) is 1. The fourth-order valence-corrected chi connectivity index (χ4v) is 5.28.